The van der Waals surface area contributed by atoms with E-state index in [4.69, 9.17) is 22.7 Å². The summed E-state index contributed by atoms with van der Waals surface area (Å²) >= 11 is 4.85. The third kappa shape index (κ3) is 4.23. The lowest BCUT2D eigenvalue weighted by Gasteiger charge is -2.35. The van der Waals surface area contributed by atoms with Crippen molar-refractivity contribution in [1.82, 2.24) is 4.72 Å². The number of nitrogens with one attached hydrogen (secondary N) is 1. The number of hydrogen-bond acceptors (Lipinski definition) is 4. The van der Waals surface area contributed by atoms with Crippen molar-refractivity contribution >= 4 is 27.2 Å². The van der Waals surface area contributed by atoms with Crippen molar-refractivity contribution in [2.75, 3.05) is 6.61 Å². The molecular weight excluding hydrogens is 308 g/mol. The van der Waals surface area contributed by atoms with Gasteiger partial charge in [0.1, 0.15) is 4.99 Å². The van der Waals surface area contributed by atoms with Crippen molar-refractivity contribution in [3.05, 3.63) is 29.8 Å². The summed E-state index contributed by atoms with van der Waals surface area (Å²) < 4.78 is 33.1. The molecule has 21 heavy (non-hydrogen) atoms. The van der Waals surface area contributed by atoms with E-state index in [1.54, 1.807) is 12.1 Å². The van der Waals surface area contributed by atoms with Crippen molar-refractivity contribution in [3.8, 4) is 0 Å². The molecule has 116 valence electrons. The molecule has 1 fully saturated rings. The molecule has 3 N–H and O–H groups in total. The molecule has 7 heteroatoms. The fraction of sp³-hybridized carbons (Fsp3) is 0.500. The van der Waals surface area contributed by atoms with E-state index in [1.165, 1.54) is 12.1 Å². The summed E-state index contributed by atoms with van der Waals surface area (Å²) in [5, 5.41) is 0. The zero-order valence-corrected chi connectivity index (χ0v) is 13.8. The minimum absolute atomic E-state index is 0.117. The first-order valence-corrected chi connectivity index (χ1v) is 8.65. The second-order valence-corrected chi connectivity index (χ2v) is 7.96. The summed E-state index contributed by atoms with van der Waals surface area (Å²) in [5.41, 5.74) is 5.85. The van der Waals surface area contributed by atoms with Gasteiger partial charge in [-0.2, -0.15) is 0 Å². The summed E-state index contributed by atoms with van der Waals surface area (Å²) in [5.74, 6) is 0. The molecule has 0 spiro atoms. The Kier molecular flexibility index (Phi) is 4.67. The molecule has 0 radical (unpaired) electrons. The van der Waals surface area contributed by atoms with Gasteiger partial charge in [-0.05, 0) is 38.8 Å². The van der Waals surface area contributed by atoms with Crippen LogP contribution in [0.4, 0.5) is 0 Å². The molecule has 0 amide bonds. The van der Waals surface area contributed by atoms with Crippen LogP contribution in [0.3, 0.4) is 0 Å². The van der Waals surface area contributed by atoms with Crippen LogP contribution >= 0.6 is 12.2 Å². The Labute approximate surface area is 130 Å². The van der Waals surface area contributed by atoms with Gasteiger partial charge in [0.15, 0.2) is 0 Å². The predicted molar refractivity (Wildman–Crippen MR) is 85.7 cm³/mol. The van der Waals surface area contributed by atoms with Gasteiger partial charge in [-0.25, -0.2) is 13.1 Å². The van der Waals surface area contributed by atoms with Crippen molar-refractivity contribution in [2.24, 2.45) is 5.73 Å². The molecule has 0 bridgehead atoms. The van der Waals surface area contributed by atoms with Crippen LogP contribution in [0.5, 0.6) is 0 Å². The largest absolute Gasteiger partial charge is 0.389 e. The highest BCUT2D eigenvalue weighted by atomic mass is 32.2. The molecule has 5 nitrogen and oxygen atoms in total. The van der Waals surface area contributed by atoms with Gasteiger partial charge >= 0.3 is 0 Å². The number of sulfonamides is 1. The van der Waals surface area contributed by atoms with E-state index in [-0.39, 0.29) is 21.5 Å². The lowest BCUT2D eigenvalue weighted by Crippen LogP contribution is -2.45. The van der Waals surface area contributed by atoms with Gasteiger partial charge in [-0.1, -0.05) is 24.4 Å². The summed E-state index contributed by atoms with van der Waals surface area (Å²) in [4.78, 5) is 0.463. The highest BCUT2D eigenvalue weighted by Gasteiger charge is 2.31. The van der Waals surface area contributed by atoms with Crippen LogP contribution in [0.25, 0.3) is 0 Å². The van der Waals surface area contributed by atoms with Gasteiger partial charge in [0.05, 0.1) is 10.5 Å². The average molecular weight is 328 g/mol. The molecule has 1 aromatic rings. The molecule has 1 atom stereocenters. The van der Waals surface area contributed by atoms with E-state index in [2.05, 4.69) is 4.72 Å². The summed E-state index contributed by atoms with van der Waals surface area (Å²) in [6.07, 6.45) is 1.32. The number of thiocarbonyl (C=S) groups is 1. The monoisotopic (exact) mass is 328 g/mol. The van der Waals surface area contributed by atoms with Gasteiger partial charge in [0.25, 0.3) is 0 Å². The molecule has 1 aromatic carbocycles. The normalized spacial score (nSPS) is 21.9. The maximum absolute atomic E-state index is 12.4. The number of hydrogen-bond donors (Lipinski definition) is 2. The topological polar surface area (TPSA) is 81.4 Å². The number of ether oxygens (including phenoxy) is 1. The number of benzene rings is 1. The smallest absolute Gasteiger partial charge is 0.240 e. The predicted octanol–water partition coefficient (Wildman–Crippen LogP) is 1.56. The van der Waals surface area contributed by atoms with Crippen LogP contribution < -0.4 is 10.5 Å². The first-order valence-electron chi connectivity index (χ1n) is 6.76. The fourth-order valence-corrected chi connectivity index (χ4v) is 3.82. The van der Waals surface area contributed by atoms with Crippen molar-refractivity contribution in [2.45, 2.75) is 43.2 Å². The highest BCUT2D eigenvalue weighted by molar-refractivity contribution is 7.89. The summed E-state index contributed by atoms with van der Waals surface area (Å²) in [6, 6.07) is 6.15. The lowest BCUT2D eigenvalue weighted by molar-refractivity contribution is -0.0599. The lowest BCUT2D eigenvalue weighted by atomic mass is 9.95. The molecule has 2 rings (SSSR count). The minimum Gasteiger partial charge on any atom is -0.389 e. The molecule has 1 aliphatic rings. The third-order valence-electron chi connectivity index (χ3n) is 3.47. The average Bonchev–Trinajstić information content (AvgIpc) is 2.37. The van der Waals surface area contributed by atoms with Crippen LogP contribution in [-0.4, -0.2) is 31.7 Å². The minimum atomic E-state index is -3.54. The first-order chi connectivity index (χ1) is 9.70. The van der Waals surface area contributed by atoms with Crippen LogP contribution in [0.1, 0.15) is 32.3 Å². The van der Waals surface area contributed by atoms with Crippen molar-refractivity contribution < 1.29 is 13.2 Å². The van der Waals surface area contributed by atoms with Crippen molar-refractivity contribution in [1.29, 1.82) is 0 Å². The molecule has 1 aliphatic heterocycles. The standard InChI is InChI=1S/C14H20N2O3S2/c1-14(2)9-11(7-8-19-14)16-21(17,18)12-5-3-10(4-6-12)13(15)20/h3-6,11,16H,7-9H2,1-2H3,(H2,15,20). The Balaban J connectivity index is 2.13. The Morgan fingerprint density at radius 1 is 1.38 bits per heavy atom. The fourth-order valence-electron chi connectivity index (χ4n) is 2.42. The maximum atomic E-state index is 12.4. The zero-order chi connectivity index (χ0) is 15.7. The number of rotatable bonds is 4. The van der Waals surface area contributed by atoms with E-state index in [0.717, 1.165) is 0 Å². The van der Waals surface area contributed by atoms with Crippen LogP contribution in [0.15, 0.2) is 29.2 Å². The van der Waals surface area contributed by atoms with Crippen LogP contribution in [-0.2, 0) is 14.8 Å². The van der Waals surface area contributed by atoms with E-state index in [1.807, 2.05) is 13.8 Å². The van der Waals surface area contributed by atoms with Gasteiger partial charge in [0.2, 0.25) is 10.0 Å². The second kappa shape index (κ2) is 6.00. The van der Waals surface area contributed by atoms with E-state index in [0.29, 0.717) is 25.0 Å². The van der Waals surface area contributed by atoms with Gasteiger partial charge in [-0.3, -0.25) is 0 Å². The molecule has 1 unspecified atom stereocenters. The Bertz CT molecular complexity index is 624. The highest BCUT2D eigenvalue weighted by Crippen LogP contribution is 2.25. The van der Waals surface area contributed by atoms with Gasteiger partial charge in [-0.15, -0.1) is 0 Å². The summed E-state index contributed by atoms with van der Waals surface area (Å²) in [7, 11) is -3.54. The van der Waals surface area contributed by atoms with E-state index in [9.17, 15) is 8.42 Å². The van der Waals surface area contributed by atoms with Crippen molar-refractivity contribution in [3.63, 3.8) is 0 Å². The molecule has 0 aliphatic carbocycles. The third-order valence-corrected chi connectivity index (χ3v) is 5.24. The SMILES string of the molecule is CC1(C)CC(NS(=O)(=O)c2ccc(C(N)=S)cc2)CCO1. The molecule has 1 heterocycles. The Morgan fingerprint density at radius 3 is 2.52 bits per heavy atom. The molecule has 1 saturated heterocycles. The van der Waals surface area contributed by atoms with E-state index < -0.39 is 10.0 Å². The second-order valence-electron chi connectivity index (χ2n) is 5.81. The maximum Gasteiger partial charge on any atom is 0.240 e. The quantitative estimate of drug-likeness (QED) is 0.820. The number of nitrogens with two attached hydrogens (primary N) is 1. The van der Waals surface area contributed by atoms with Crippen LogP contribution in [0.2, 0.25) is 0 Å². The Hall–Kier alpha value is -1.02. The van der Waals surface area contributed by atoms with Gasteiger partial charge in [0, 0.05) is 18.2 Å². The molecule has 0 saturated carbocycles. The van der Waals surface area contributed by atoms with Gasteiger partial charge < -0.3 is 10.5 Å². The molecule has 0 aromatic heterocycles. The Morgan fingerprint density at radius 2 is 2.00 bits per heavy atom. The zero-order valence-electron chi connectivity index (χ0n) is 12.1. The van der Waals surface area contributed by atoms with E-state index >= 15 is 0 Å². The first kappa shape index (κ1) is 16.4. The summed E-state index contributed by atoms with van der Waals surface area (Å²) in [6.45, 7) is 4.48. The molecular formula is C14H20N2O3S2. The van der Waals surface area contributed by atoms with Crippen LogP contribution in [0, 0.1) is 0 Å².